The average Bonchev–Trinajstić information content (AvgIpc) is 3.27. The summed E-state index contributed by atoms with van der Waals surface area (Å²) in [4.78, 5) is 30.0. The van der Waals surface area contributed by atoms with E-state index in [1.807, 2.05) is 50.2 Å². The highest BCUT2D eigenvalue weighted by atomic mass is 19.1. The number of amides is 2. The number of rotatable bonds is 7. The van der Waals surface area contributed by atoms with E-state index in [1.165, 1.54) is 12.1 Å². The van der Waals surface area contributed by atoms with Gasteiger partial charge in [-0.1, -0.05) is 54.6 Å². The summed E-state index contributed by atoms with van der Waals surface area (Å²) in [7, 11) is 0. The van der Waals surface area contributed by atoms with Crippen LogP contribution in [0.1, 0.15) is 51.5 Å². The lowest BCUT2D eigenvalue weighted by atomic mass is 9.93. The van der Waals surface area contributed by atoms with Crippen molar-refractivity contribution in [2.75, 3.05) is 0 Å². The smallest absolute Gasteiger partial charge is 0.252 e. The number of nitrogens with two attached hydrogens (primary N) is 1. The van der Waals surface area contributed by atoms with Gasteiger partial charge in [0, 0.05) is 23.7 Å². The van der Waals surface area contributed by atoms with Gasteiger partial charge in [-0.2, -0.15) is 0 Å². The van der Waals surface area contributed by atoms with Crippen LogP contribution in [0.2, 0.25) is 0 Å². The van der Waals surface area contributed by atoms with Crippen LogP contribution in [0.5, 0.6) is 0 Å². The van der Waals surface area contributed by atoms with Crippen molar-refractivity contribution in [2.45, 2.75) is 25.8 Å². The minimum Gasteiger partial charge on any atom is -0.442 e. The van der Waals surface area contributed by atoms with E-state index in [2.05, 4.69) is 10.3 Å². The molecule has 0 spiro atoms. The first-order chi connectivity index (χ1) is 18.2. The van der Waals surface area contributed by atoms with Crippen molar-refractivity contribution in [2.24, 2.45) is 5.73 Å². The number of pyridine rings is 1. The standard InChI is InChI=1S/C31H26FN3O3/c1-31(2,23-9-4-3-5-10-23)35-29(37)21-8-6-7-20(16-21)22-17-25-27(28(33)36)26(38-30(25)34-18-22)15-19-11-13-24(32)14-12-19/h3-14,16-18H,15H2,1-2H3,(H2,33,36)(H,35,37). The maximum Gasteiger partial charge on any atom is 0.252 e. The van der Waals surface area contributed by atoms with E-state index in [4.69, 9.17) is 10.2 Å². The molecule has 0 aliphatic rings. The van der Waals surface area contributed by atoms with E-state index in [0.29, 0.717) is 22.3 Å². The number of benzene rings is 3. The number of furan rings is 1. The van der Waals surface area contributed by atoms with Gasteiger partial charge >= 0.3 is 0 Å². The molecule has 7 heteroatoms. The van der Waals surface area contributed by atoms with Crippen LogP contribution in [0.4, 0.5) is 4.39 Å². The SMILES string of the molecule is CC(C)(NC(=O)c1cccc(-c2cnc3oc(Cc4ccc(F)cc4)c(C(N)=O)c3c2)c1)c1ccccc1. The zero-order valence-electron chi connectivity index (χ0n) is 21.0. The molecule has 6 nitrogen and oxygen atoms in total. The Hall–Kier alpha value is -4.78. The lowest BCUT2D eigenvalue weighted by Gasteiger charge is -2.27. The lowest BCUT2D eigenvalue weighted by Crippen LogP contribution is -2.40. The van der Waals surface area contributed by atoms with Crippen LogP contribution in [-0.2, 0) is 12.0 Å². The molecule has 0 atom stereocenters. The number of hydrogen-bond acceptors (Lipinski definition) is 4. The normalized spacial score (nSPS) is 11.4. The molecule has 3 N–H and O–H groups in total. The highest BCUT2D eigenvalue weighted by Gasteiger charge is 2.24. The quantitative estimate of drug-likeness (QED) is 0.283. The van der Waals surface area contributed by atoms with Gasteiger partial charge in [0.2, 0.25) is 5.71 Å². The van der Waals surface area contributed by atoms with Crippen LogP contribution in [0.25, 0.3) is 22.2 Å². The molecular formula is C31H26FN3O3. The van der Waals surface area contributed by atoms with Crippen molar-refractivity contribution in [3.05, 3.63) is 125 Å². The molecular weight excluding hydrogens is 481 g/mol. The van der Waals surface area contributed by atoms with Crippen LogP contribution in [0, 0.1) is 5.82 Å². The van der Waals surface area contributed by atoms with Gasteiger partial charge in [-0.25, -0.2) is 9.37 Å². The van der Waals surface area contributed by atoms with Gasteiger partial charge < -0.3 is 15.5 Å². The Balaban J connectivity index is 1.46. The first kappa shape index (κ1) is 24.9. The maximum atomic E-state index is 13.3. The highest BCUT2D eigenvalue weighted by Crippen LogP contribution is 2.31. The van der Waals surface area contributed by atoms with E-state index in [9.17, 15) is 14.0 Å². The predicted molar refractivity (Wildman–Crippen MR) is 144 cm³/mol. The minimum absolute atomic E-state index is 0.211. The summed E-state index contributed by atoms with van der Waals surface area (Å²) >= 11 is 0. The number of carbonyl (C=O) groups is 2. The summed E-state index contributed by atoms with van der Waals surface area (Å²) in [6.07, 6.45) is 1.89. The van der Waals surface area contributed by atoms with E-state index in [1.54, 1.807) is 42.6 Å². The van der Waals surface area contributed by atoms with Crippen molar-refractivity contribution in [3.8, 4) is 11.1 Å². The van der Waals surface area contributed by atoms with Gasteiger partial charge in [-0.05, 0) is 60.9 Å². The molecule has 0 aliphatic carbocycles. The number of primary amides is 1. The van der Waals surface area contributed by atoms with Crippen LogP contribution in [-0.4, -0.2) is 16.8 Å². The number of hydrogen-bond donors (Lipinski definition) is 2. The molecule has 2 aromatic heterocycles. The number of halogens is 1. The fourth-order valence-electron chi connectivity index (χ4n) is 4.49. The summed E-state index contributed by atoms with van der Waals surface area (Å²) in [6.45, 7) is 3.91. The van der Waals surface area contributed by atoms with E-state index in [-0.39, 0.29) is 29.4 Å². The third kappa shape index (κ3) is 5.04. The number of aromatic nitrogens is 1. The number of carbonyl (C=O) groups excluding carboxylic acids is 2. The molecule has 2 heterocycles. The summed E-state index contributed by atoms with van der Waals surface area (Å²) in [5, 5.41) is 3.58. The highest BCUT2D eigenvalue weighted by molar-refractivity contribution is 6.06. The Morgan fingerprint density at radius 1 is 0.947 bits per heavy atom. The molecule has 3 aromatic carbocycles. The van der Waals surface area contributed by atoms with Crippen molar-refractivity contribution in [3.63, 3.8) is 0 Å². The van der Waals surface area contributed by atoms with Crippen LogP contribution in [0.15, 0.2) is 95.5 Å². The third-order valence-corrected chi connectivity index (χ3v) is 6.52. The summed E-state index contributed by atoms with van der Waals surface area (Å²) < 4.78 is 19.2. The number of nitrogens with zero attached hydrogens (tertiary/aromatic N) is 1. The first-order valence-corrected chi connectivity index (χ1v) is 12.2. The lowest BCUT2D eigenvalue weighted by molar-refractivity contribution is 0.0911. The van der Waals surface area contributed by atoms with E-state index < -0.39 is 11.4 Å². The summed E-state index contributed by atoms with van der Waals surface area (Å²) in [5.41, 5.74) is 9.37. The van der Waals surface area contributed by atoms with E-state index in [0.717, 1.165) is 16.7 Å². The maximum absolute atomic E-state index is 13.3. The fourth-order valence-corrected chi connectivity index (χ4v) is 4.49. The Kier molecular flexibility index (Phi) is 6.51. The van der Waals surface area contributed by atoms with Crippen LogP contribution >= 0.6 is 0 Å². The third-order valence-electron chi connectivity index (χ3n) is 6.52. The zero-order chi connectivity index (χ0) is 26.9. The summed E-state index contributed by atoms with van der Waals surface area (Å²) in [5.74, 6) is -0.840. The molecule has 0 saturated carbocycles. The molecule has 190 valence electrons. The Bertz CT molecular complexity index is 1640. The first-order valence-electron chi connectivity index (χ1n) is 12.2. The Morgan fingerprint density at radius 2 is 1.68 bits per heavy atom. The van der Waals surface area contributed by atoms with Gasteiger partial charge in [-0.3, -0.25) is 9.59 Å². The Morgan fingerprint density at radius 3 is 2.39 bits per heavy atom. The molecule has 0 radical (unpaired) electrons. The number of nitrogens with one attached hydrogen (secondary N) is 1. The summed E-state index contributed by atoms with van der Waals surface area (Å²) in [6, 6.07) is 24.7. The fraction of sp³-hybridized carbons (Fsp3) is 0.129. The molecule has 0 aliphatic heterocycles. The topological polar surface area (TPSA) is 98.2 Å². The van der Waals surface area contributed by atoms with Gasteiger partial charge in [-0.15, -0.1) is 0 Å². The average molecular weight is 508 g/mol. The molecule has 5 rings (SSSR count). The van der Waals surface area contributed by atoms with Crippen LogP contribution < -0.4 is 11.1 Å². The Labute approximate surface area is 219 Å². The molecule has 0 fully saturated rings. The second-order valence-electron chi connectivity index (χ2n) is 9.67. The molecule has 0 unspecified atom stereocenters. The van der Waals surface area contributed by atoms with Crippen molar-refractivity contribution in [1.82, 2.24) is 10.3 Å². The minimum atomic E-state index is -0.643. The largest absolute Gasteiger partial charge is 0.442 e. The van der Waals surface area contributed by atoms with Gasteiger partial charge in [0.1, 0.15) is 11.6 Å². The molecule has 0 saturated heterocycles. The van der Waals surface area contributed by atoms with E-state index >= 15 is 0 Å². The number of fused-ring (bicyclic) bond motifs is 1. The predicted octanol–water partition coefficient (Wildman–Crippen LogP) is 5.99. The van der Waals surface area contributed by atoms with Crippen molar-refractivity contribution in [1.29, 1.82) is 0 Å². The second-order valence-corrected chi connectivity index (χ2v) is 9.67. The molecule has 2 amide bonds. The van der Waals surface area contributed by atoms with Gasteiger partial charge in [0.15, 0.2) is 0 Å². The van der Waals surface area contributed by atoms with Crippen molar-refractivity contribution >= 4 is 22.9 Å². The molecule has 38 heavy (non-hydrogen) atoms. The van der Waals surface area contributed by atoms with Crippen LogP contribution in [0.3, 0.4) is 0 Å². The second kappa shape index (κ2) is 9.94. The monoisotopic (exact) mass is 507 g/mol. The zero-order valence-corrected chi connectivity index (χ0v) is 21.0. The van der Waals surface area contributed by atoms with Crippen molar-refractivity contribution < 1.29 is 18.4 Å². The molecule has 5 aromatic rings. The van der Waals surface area contributed by atoms with Gasteiger partial charge in [0.25, 0.3) is 11.8 Å². The van der Waals surface area contributed by atoms with Gasteiger partial charge in [0.05, 0.1) is 16.5 Å². The molecule has 0 bridgehead atoms.